The van der Waals surface area contributed by atoms with Gasteiger partial charge in [0.2, 0.25) is 5.91 Å². The maximum Gasteiger partial charge on any atom is 0.262 e. The van der Waals surface area contributed by atoms with Crippen molar-refractivity contribution in [2.75, 3.05) is 5.32 Å². The van der Waals surface area contributed by atoms with Crippen LogP contribution in [0.1, 0.15) is 46.6 Å². The Hall–Kier alpha value is -2.21. The molecule has 0 bridgehead atoms. The molecule has 1 aromatic carbocycles. The minimum atomic E-state index is -0.303. The van der Waals surface area contributed by atoms with Crippen molar-refractivity contribution in [3.63, 3.8) is 0 Å². The highest BCUT2D eigenvalue weighted by atomic mass is 32.1. The summed E-state index contributed by atoms with van der Waals surface area (Å²) in [6.45, 7) is 3.70. The van der Waals surface area contributed by atoms with E-state index in [1.807, 2.05) is 19.9 Å². The van der Waals surface area contributed by atoms with Gasteiger partial charge in [0, 0.05) is 5.92 Å². The predicted molar refractivity (Wildman–Crippen MR) is 92.7 cm³/mol. The molecule has 0 spiro atoms. The van der Waals surface area contributed by atoms with Crippen LogP contribution in [0.5, 0.6) is 0 Å². The third-order valence-corrected chi connectivity index (χ3v) is 5.19. The Balaban J connectivity index is 1.66. The highest BCUT2D eigenvalue weighted by Crippen LogP contribution is 2.33. The van der Waals surface area contributed by atoms with Crippen molar-refractivity contribution < 1.29 is 14.0 Å². The van der Waals surface area contributed by atoms with Gasteiger partial charge in [-0.15, -0.1) is 11.3 Å². The Bertz CT molecular complexity index is 766. The molecule has 1 aromatic heterocycles. The van der Waals surface area contributed by atoms with Crippen LogP contribution in [-0.2, 0) is 4.79 Å². The zero-order chi connectivity index (χ0) is 17.3. The molecule has 6 heteroatoms. The highest BCUT2D eigenvalue weighted by molar-refractivity contribution is 7.18. The van der Waals surface area contributed by atoms with Gasteiger partial charge in [0.15, 0.2) is 0 Å². The summed E-state index contributed by atoms with van der Waals surface area (Å²) < 4.78 is 13.0. The molecule has 3 rings (SSSR count). The van der Waals surface area contributed by atoms with Crippen LogP contribution in [0.25, 0.3) is 0 Å². The number of rotatable bonds is 5. The minimum absolute atomic E-state index is 0.0305. The lowest BCUT2D eigenvalue weighted by Gasteiger charge is -2.14. The zero-order valence-corrected chi connectivity index (χ0v) is 14.4. The van der Waals surface area contributed by atoms with Gasteiger partial charge in [-0.05, 0) is 56.0 Å². The number of anilines is 1. The van der Waals surface area contributed by atoms with Crippen molar-refractivity contribution in [2.45, 2.75) is 32.7 Å². The monoisotopic (exact) mass is 346 g/mol. The smallest absolute Gasteiger partial charge is 0.262 e. The van der Waals surface area contributed by atoms with Gasteiger partial charge in [-0.2, -0.15) is 0 Å². The van der Waals surface area contributed by atoms with Gasteiger partial charge in [-0.3, -0.25) is 9.59 Å². The van der Waals surface area contributed by atoms with Gasteiger partial charge in [-0.1, -0.05) is 12.1 Å². The summed E-state index contributed by atoms with van der Waals surface area (Å²) in [6, 6.07) is 7.65. The van der Waals surface area contributed by atoms with Crippen LogP contribution in [0.4, 0.5) is 9.39 Å². The molecule has 126 valence electrons. The first-order valence-electron chi connectivity index (χ1n) is 7.91. The van der Waals surface area contributed by atoms with Crippen LogP contribution in [-0.4, -0.2) is 11.8 Å². The average Bonchev–Trinajstić information content (AvgIpc) is 3.32. The summed E-state index contributed by atoms with van der Waals surface area (Å²) in [5, 5.41) is 6.48. The molecule has 0 saturated heterocycles. The molecule has 1 fully saturated rings. The Morgan fingerprint density at radius 1 is 1.25 bits per heavy atom. The lowest BCUT2D eigenvalue weighted by Crippen LogP contribution is -2.26. The number of thiophene rings is 1. The van der Waals surface area contributed by atoms with Gasteiger partial charge in [0.25, 0.3) is 5.91 Å². The van der Waals surface area contributed by atoms with Crippen molar-refractivity contribution in [3.8, 4) is 0 Å². The van der Waals surface area contributed by atoms with E-state index < -0.39 is 0 Å². The van der Waals surface area contributed by atoms with E-state index in [9.17, 15) is 14.0 Å². The molecule has 2 N–H and O–H groups in total. The molecule has 1 atom stereocenters. The summed E-state index contributed by atoms with van der Waals surface area (Å²) in [4.78, 5) is 24.9. The van der Waals surface area contributed by atoms with E-state index in [0.29, 0.717) is 9.88 Å². The van der Waals surface area contributed by atoms with Gasteiger partial charge in [0.1, 0.15) is 5.82 Å². The molecule has 0 unspecified atom stereocenters. The van der Waals surface area contributed by atoms with Crippen LogP contribution in [0, 0.1) is 18.7 Å². The second-order valence-corrected chi connectivity index (χ2v) is 7.19. The quantitative estimate of drug-likeness (QED) is 0.858. The fourth-order valence-electron chi connectivity index (χ4n) is 2.44. The zero-order valence-electron chi connectivity index (χ0n) is 13.6. The molecule has 0 aliphatic heterocycles. The molecule has 1 heterocycles. The SMILES string of the molecule is Cc1cc(NC(=O)C2CC2)sc1C(=O)N[C@@H](C)c1ccc(F)cc1. The number of halogens is 1. The maximum absolute atomic E-state index is 13.0. The largest absolute Gasteiger partial charge is 0.345 e. The molecule has 4 nitrogen and oxygen atoms in total. The first kappa shape index (κ1) is 16.6. The van der Waals surface area contributed by atoms with E-state index in [-0.39, 0.29) is 29.6 Å². The van der Waals surface area contributed by atoms with Crippen LogP contribution in [0.2, 0.25) is 0 Å². The number of amides is 2. The van der Waals surface area contributed by atoms with E-state index in [1.165, 1.54) is 23.5 Å². The Morgan fingerprint density at radius 3 is 2.54 bits per heavy atom. The van der Waals surface area contributed by atoms with Crippen LogP contribution < -0.4 is 10.6 Å². The van der Waals surface area contributed by atoms with Crippen molar-refractivity contribution >= 4 is 28.2 Å². The molecule has 2 amide bonds. The first-order chi connectivity index (χ1) is 11.4. The number of nitrogens with one attached hydrogen (secondary N) is 2. The molecule has 2 aromatic rings. The average molecular weight is 346 g/mol. The first-order valence-corrected chi connectivity index (χ1v) is 8.73. The molecule has 1 aliphatic carbocycles. The highest BCUT2D eigenvalue weighted by Gasteiger charge is 2.30. The molecule has 0 radical (unpaired) electrons. The van der Waals surface area contributed by atoms with Crippen molar-refractivity contribution in [1.29, 1.82) is 0 Å². The van der Waals surface area contributed by atoms with Gasteiger partial charge >= 0.3 is 0 Å². The Kier molecular flexibility index (Phi) is 4.66. The number of benzene rings is 1. The second kappa shape index (κ2) is 6.73. The van der Waals surface area contributed by atoms with E-state index in [0.717, 1.165) is 24.0 Å². The lowest BCUT2D eigenvalue weighted by molar-refractivity contribution is -0.117. The third-order valence-electron chi connectivity index (χ3n) is 4.04. The van der Waals surface area contributed by atoms with E-state index >= 15 is 0 Å². The number of aryl methyl sites for hydroxylation is 1. The van der Waals surface area contributed by atoms with Crippen LogP contribution in [0.15, 0.2) is 30.3 Å². The fraction of sp³-hybridized carbons (Fsp3) is 0.333. The lowest BCUT2D eigenvalue weighted by atomic mass is 10.1. The van der Waals surface area contributed by atoms with Crippen molar-refractivity contribution in [1.82, 2.24) is 5.32 Å². The topological polar surface area (TPSA) is 58.2 Å². The summed E-state index contributed by atoms with van der Waals surface area (Å²) in [5.41, 5.74) is 1.66. The number of hydrogen-bond donors (Lipinski definition) is 2. The number of carbonyl (C=O) groups excluding carboxylic acids is 2. The van der Waals surface area contributed by atoms with Crippen molar-refractivity contribution in [2.24, 2.45) is 5.92 Å². The number of hydrogen-bond acceptors (Lipinski definition) is 3. The Morgan fingerprint density at radius 2 is 1.92 bits per heavy atom. The predicted octanol–water partition coefficient (Wildman–Crippen LogP) is 4.04. The third kappa shape index (κ3) is 3.82. The van der Waals surface area contributed by atoms with E-state index in [2.05, 4.69) is 10.6 Å². The standard InChI is InChI=1S/C18H19FN2O2S/c1-10-9-15(21-17(22)13-3-4-13)24-16(10)18(23)20-11(2)12-5-7-14(19)8-6-12/h5-9,11,13H,3-4H2,1-2H3,(H,20,23)(H,21,22)/t11-/m0/s1. The van der Waals surface area contributed by atoms with Crippen molar-refractivity contribution in [3.05, 3.63) is 52.2 Å². The van der Waals surface area contributed by atoms with E-state index in [4.69, 9.17) is 0 Å². The maximum atomic E-state index is 13.0. The normalized spacial score (nSPS) is 15.0. The summed E-state index contributed by atoms with van der Waals surface area (Å²) in [7, 11) is 0. The fourth-order valence-corrected chi connectivity index (χ4v) is 3.41. The molecular formula is C18H19FN2O2S. The van der Waals surface area contributed by atoms with Gasteiger partial charge < -0.3 is 10.6 Å². The van der Waals surface area contributed by atoms with Gasteiger partial charge in [0.05, 0.1) is 15.9 Å². The summed E-state index contributed by atoms with van der Waals surface area (Å²) in [5.74, 6) is -0.338. The number of carbonyl (C=O) groups is 2. The minimum Gasteiger partial charge on any atom is -0.345 e. The van der Waals surface area contributed by atoms with Crippen LogP contribution in [0.3, 0.4) is 0 Å². The molecule has 1 aliphatic rings. The summed E-state index contributed by atoms with van der Waals surface area (Å²) in [6.07, 6.45) is 1.89. The van der Waals surface area contributed by atoms with Crippen LogP contribution >= 0.6 is 11.3 Å². The molecular weight excluding hydrogens is 327 g/mol. The summed E-state index contributed by atoms with van der Waals surface area (Å²) >= 11 is 1.28. The molecule has 24 heavy (non-hydrogen) atoms. The van der Waals surface area contributed by atoms with E-state index in [1.54, 1.807) is 12.1 Å². The van der Waals surface area contributed by atoms with Gasteiger partial charge in [-0.25, -0.2) is 4.39 Å². The Labute approximate surface area is 144 Å². The second-order valence-electron chi connectivity index (χ2n) is 6.13. The molecule has 1 saturated carbocycles.